The van der Waals surface area contributed by atoms with Crippen LogP contribution in [0.4, 0.5) is 4.79 Å². The van der Waals surface area contributed by atoms with Gasteiger partial charge in [-0.2, -0.15) is 0 Å². The van der Waals surface area contributed by atoms with Gasteiger partial charge in [-0.05, 0) is 13.3 Å². The fraction of sp³-hybridized carbons (Fsp3) is 0.750. The lowest BCUT2D eigenvalue weighted by molar-refractivity contribution is -0.127. The van der Waals surface area contributed by atoms with Gasteiger partial charge in [0.1, 0.15) is 6.04 Å². The van der Waals surface area contributed by atoms with E-state index >= 15 is 0 Å². The summed E-state index contributed by atoms with van der Waals surface area (Å²) >= 11 is 0. The monoisotopic (exact) mass is 170 g/mol. The Morgan fingerprint density at radius 3 is 2.58 bits per heavy atom. The Balaban J connectivity index is 2.52. The van der Waals surface area contributed by atoms with Gasteiger partial charge in [0.2, 0.25) is 0 Å². The van der Waals surface area contributed by atoms with Crippen LogP contribution in [0.5, 0.6) is 0 Å². The van der Waals surface area contributed by atoms with Crippen LogP contribution in [0.25, 0.3) is 0 Å². The zero-order chi connectivity index (χ0) is 9.14. The Morgan fingerprint density at radius 2 is 2.17 bits per heavy atom. The van der Waals surface area contributed by atoms with Crippen LogP contribution in [0, 0.1) is 0 Å². The van der Waals surface area contributed by atoms with E-state index in [2.05, 4.69) is 5.32 Å². The fourth-order valence-electron chi connectivity index (χ4n) is 1.19. The molecule has 0 bridgehead atoms. The van der Waals surface area contributed by atoms with Crippen LogP contribution in [-0.2, 0) is 4.79 Å². The largest absolute Gasteiger partial charge is 0.326 e. The molecule has 1 unspecified atom stereocenters. The molecule has 4 heteroatoms. The Bertz CT molecular complexity index is 203. The SMILES string of the molecule is CCCCN1C(=O)NC(C)C1=O. The zero-order valence-electron chi connectivity index (χ0n) is 7.46. The maximum absolute atomic E-state index is 11.3. The second-order valence-corrected chi connectivity index (χ2v) is 3.01. The molecule has 68 valence electrons. The van der Waals surface area contributed by atoms with Crippen molar-refractivity contribution in [3.05, 3.63) is 0 Å². The predicted molar refractivity (Wildman–Crippen MR) is 44.6 cm³/mol. The van der Waals surface area contributed by atoms with Crippen LogP contribution in [0.1, 0.15) is 26.7 Å². The van der Waals surface area contributed by atoms with E-state index in [0.717, 1.165) is 12.8 Å². The molecule has 0 aromatic heterocycles. The van der Waals surface area contributed by atoms with E-state index < -0.39 is 0 Å². The number of rotatable bonds is 3. The molecule has 1 aliphatic rings. The van der Waals surface area contributed by atoms with Gasteiger partial charge in [0, 0.05) is 6.54 Å². The summed E-state index contributed by atoms with van der Waals surface area (Å²) in [6, 6.07) is -0.588. The molecule has 0 aromatic carbocycles. The van der Waals surface area contributed by atoms with Crippen LogP contribution >= 0.6 is 0 Å². The van der Waals surface area contributed by atoms with Crippen molar-refractivity contribution in [1.29, 1.82) is 0 Å². The Hall–Kier alpha value is -1.06. The first-order chi connectivity index (χ1) is 5.66. The summed E-state index contributed by atoms with van der Waals surface area (Å²) in [6.45, 7) is 4.28. The van der Waals surface area contributed by atoms with Gasteiger partial charge in [0.25, 0.3) is 5.91 Å². The molecule has 0 aromatic rings. The van der Waals surface area contributed by atoms with Gasteiger partial charge in [0.05, 0.1) is 0 Å². The lowest BCUT2D eigenvalue weighted by atomic mass is 10.3. The van der Waals surface area contributed by atoms with E-state index in [9.17, 15) is 9.59 Å². The van der Waals surface area contributed by atoms with Crippen molar-refractivity contribution < 1.29 is 9.59 Å². The second kappa shape index (κ2) is 3.56. The fourth-order valence-corrected chi connectivity index (χ4v) is 1.19. The summed E-state index contributed by atoms with van der Waals surface area (Å²) < 4.78 is 0. The van der Waals surface area contributed by atoms with Gasteiger partial charge in [-0.25, -0.2) is 4.79 Å². The van der Waals surface area contributed by atoms with E-state index in [4.69, 9.17) is 0 Å². The summed E-state index contributed by atoms with van der Waals surface area (Å²) in [4.78, 5) is 23.6. The number of hydrogen-bond donors (Lipinski definition) is 1. The van der Waals surface area contributed by atoms with Gasteiger partial charge in [-0.3, -0.25) is 9.69 Å². The number of unbranched alkanes of at least 4 members (excludes halogenated alkanes) is 1. The minimum absolute atomic E-state index is 0.103. The molecule has 0 radical (unpaired) electrons. The topological polar surface area (TPSA) is 49.4 Å². The molecule has 12 heavy (non-hydrogen) atoms. The summed E-state index contributed by atoms with van der Waals surface area (Å²) in [6.07, 6.45) is 1.87. The van der Waals surface area contributed by atoms with Crippen molar-refractivity contribution >= 4 is 11.9 Å². The van der Waals surface area contributed by atoms with Crippen molar-refractivity contribution in [1.82, 2.24) is 10.2 Å². The smallest absolute Gasteiger partial charge is 0.324 e. The molecule has 1 N–H and O–H groups in total. The highest BCUT2D eigenvalue weighted by Crippen LogP contribution is 2.06. The minimum Gasteiger partial charge on any atom is -0.326 e. The van der Waals surface area contributed by atoms with E-state index in [-0.39, 0.29) is 18.0 Å². The highest BCUT2D eigenvalue weighted by molar-refractivity contribution is 6.03. The van der Waals surface area contributed by atoms with Crippen LogP contribution in [0.2, 0.25) is 0 Å². The number of hydrogen-bond acceptors (Lipinski definition) is 2. The first-order valence-electron chi connectivity index (χ1n) is 4.28. The molecule has 1 fully saturated rings. The summed E-state index contributed by atoms with van der Waals surface area (Å²) in [7, 11) is 0. The maximum Gasteiger partial charge on any atom is 0.324 e. The number of nitrogens with one attached hydrogen (secondary N) is 1. The predicted octanol–water partition coefficient (Wildman–Crippen LogP) is 0.727. The third kappa shape index (κ3) is 1.57. The summed E-state index contributed by atoms with van der Waals surface area (Å²) in [5.41, 5.74) is 0. The lowest BCUT2D eigenvalue weighted by Crippen LogP contribution is -2.31. The molecule has 1 saturated heterocycles. The quantitative estimate of drug-likeness (QED) is 0.635. The minimum atomic E-state index is -0.339. The van der Waals surface area contributed by atoms with Crippen LogP contribution in [0.3, 0.4) is 0 Å². The molecule has 0 aliphatic carbocycles. The van der Waals surface area contributed by atoms with E-state index in [0.29, 0.717) is 6.54 Å². The standard InChI is InChI=1S/C8H14N2O2/c1-3-4-5-10-7(11)6(2)9-8(10)12/h6H,3-5H2,1-2H3,(H,9,12). The Kier molecular flexibility index (Phi) is 2.68. The number of imide groups is 1. The number of carbonyl (C=O) groups is 2. The van der Waals surface area contributed by atoms with E-state index in [1.807, 2.05) is 6.92 Å². The van der Waals surface area contributed by atoms with Crippen molar-refractivity contribution in [2.45, 2.75) is 32.7 Å². The van der Waals surface area contributed by atoms with Crippen molar-refractivity contribution in [3.8, 4) is 0 Å². The summed E-state index contributed by atoms with van der Waals surface area (Å²) in [5, 5.41) is 2.56. The number of carbonyl (C=O) groups excluding carboxylic acids is 2. The number of nitrogens with zero attached hydrogens (tertiary/aromatic N) is 1. The van der Waals surface area contributed by atoms with Crippen molar-refractivity contribution in [3.63, 3.8) is 0 Å². The van der Waals surface area contributed by atoms with Crippen LogP contribution in [0.15, 0.2) is 0 Å². The van der Waals surface area contributed by atoms with Crippen molar-refractivity contribution in [2.24, 2.45) is 0 Å². The highest BCUT2D eigenvalue weighted by atomic mass is 16.2. The lowest BCUT2D eigenvalue weighted by Gasteiger charge is -2.10. The van der Waals surface area contributed by atoms with Crippen LogP contribution < -0.4 is 5.32 Å². The molecule has 1 atom stereocenters. The normalized spacial score (nSPS) is 23.2. The first kappa shape index (κ1) is 9.03. The average molecular weight is 170 g/mol. The van der Waals surface area contributed by atoms with Gasteiger partial charge < -0.3 is 5.32 Å². The van der Waals surface area contributed by atoms with Gasteiger partial charge in [-0.15, -0.1) is 0 Å². The average Bonchev–Trinajstić information content (AvgIpc) is 2.25. The maximum atomic E-state index is 11.3. The Labute approximate surface area is 71.9 Å². The van der Waals surface area contributed by atoms with Gasteiger partial charge in [0.15, 0.2) is 0 Å². The molecular formula is C8H14N2O2. The van der Waals surface area contributed by atoms with Gasteiger partial charge in [-0.1, -0.05) is 13.3 Å². The van der Waals surface area contributed by atoms with Crippen molar-refractivity contribution in [2.75, 3.05) is 6.54 Å². The first-order valence-corrected chi connectivity index (χ1v) is 4.28. The molecule has 1 rings (SSSR count). The highest BCUT2D eigenvalue weighted by Gasteiger charge is 2.33. The molecule has 1 aliphatic heterocycles. The van der Waals surface area contributed by atoms with E-state index in [1.165, 1.54) is 4.90 Å². The summed E-state index contributed by atoms with van der Waals surface area (Å²) in [5.74, 6) is -0.103. The van der Waals surface area contributed by atoms with E-state index in [1.54, 1.807) is 6.92 Å². The molecular weight excluding hydrogens is 156 g/mol. The second-order valence-electron chi connectivity index (χ2n) is 3.01. The molecule has 1 heterocycles. The number of amides is 3. The molecule has 3 amide bonds. The molecule has 0 saturated carbocycles. The van der Waals surface area contributed by atoms with Gasteiger partial charge >= 0.3 is 6.03 Å². The third-order valence-corrected chi connectivity index (χ3v) is 1.96. The number of urea groups is 1. The molecule has 4 nitrogen and oxygen atoms in total. The van der Waals surface area contributed by atoms with Crippen LogP contribution in [-0.4, -0.2) is 29.4 Å². The Morgan fingerprint density at radius 1 is 1.50 bits per heavy atom. The molecule has 0 spiro atoms. The third-order valence-electron chi connectivity index (χ3n) is 1.96. The zero-order valence-corrected chi connectivity index (χ0v) is 7.46.